The molecule has 0 atom stereocenters. The smallest absolute Gasteiger partial charge is 0.137 e. The van der Waals surface area contributed by atoms with Gasteiger partial charge in [-0.1, -0.05) is 32.1 Å². The summed E-state index contributed by atoms with van der Waals surface area (Å²) in [6, 6.07) is 2.00. The number of hydrogen-bond acceptors (Lipinski definition) is 2. The molecule has 78 valence electrons. The van der Waals surface area contributed by atoms with Gasteiger partial charge in [-0.3, -0.25) is 4.98 Å². The Morgan fingerprint density at radius 1 is 1.20 bits per heavy atom. The minimum absolute atomic E-state index is 0.0912. The summed E-state index contributed by atoms with van der Waals surface area (Å²) < 4.78 is 5.15. The lowest BCUT2D eigenvalue weighted by atomic mass is 9.93. The second-order valence-corrected chi connectivity index (χ2v) is 4.34. The first kappa shape index (κ1) is 9.97. The van der Waals surface area contributed by atoms with Crippen molar-refractivity contribution in [2.45, 2.75) is 13.8 Å². The van der Waals surface area contributed by atoms with E-state index >= 15 is 0 Å². The number of fused-ring (bicyclic) bond motifs is 1. The maximum Gasteiger partial charge on any atom is 0.137 e. The number of nitrogens with zero attached hydrogens (tertiary/aromatic N) is 1. The van der Waals surface area contributed by atoms with E-state index in [0.29, 0.717) is 0 Å². The van der Waals surface area contributed by atoms with Gasteiger partial charge < -0.3 is 4.74 Å². The van der Waals surface area contributed by atoms with Crippen molar-refractivity contribution in [2.75, 3.05) is 7.11 Å². The minimum Gasteiger partial charge on any atom is -0.495 e. The molecule has 0 fully saturated rings. The van der Waals surface area contributed by atoms with Crippen molar-refractivity contribution in [1.29, 1.82) is 0 Å². The number of hydrogen-bond donors (Lipinski definition) is 0. The molecule has 1 aliphatic rings. The van der Waals surface area contributed by atoms with Crippen molar-refractivity contribution in [3.05, 3.63) is 35.7 Å². The monoisotopic (exact) mass is 201 g/mol. The Morgan fingerprint density at radius 2 is 1.93 bits per heavy atom. The van der Waals surface area contributed by atoms with Gasteiger partial charge in [0.2, 0.25) is 0 Å². The molecule has 0 N–H and O–H groups in total. The Balaban J connectivity index is 2.49. The molecule has 0 spiro atoms. The quantitative estimate of drug-likeness (QED) is 0.696. The summed E-state index contributed by atoms with van der Waals surface area (Å²) in [7, 11) is 1.66. The van der Waals surface area contributed by atoms with E-state index in [4.69, 9.17) is 4.74 Å². The highest BCUT2D eigenvalue weighted by molar-refractivity contribution is 5.67. The Morgan fingerprint density at radius 3 is 2.67 bits per heavy atom. The fraction of sp³-hybridized carbons (Fsp3) is 0.308. The van der Waals surface area contributed by atoms with Crippen molar-refractivity contribution in [3.8, 4) is 5.75 Å². The third-order valence-electron chi connectivity index (χ3n) is 2.52. The maximum atomic E-state index is 5.15. The highest BCUT2D eigenvalue weighted by Crippen LogP contribution is 2.28. The van der Waals surface area contributed by atoms with Gasteiger partial charge in [-0.25, -0.2) is 0 Å². The molecule has 1 aromatic heterocycles. The van der Waals surface area contributed by atoms with Gasteiger partial charge in [0.15, 0.2) is 0 Å². The zero-order valence-corrected chi connectivity index (χ0v) is 9.32. The van der Waals surface area contributed by atoms with Crippen LogP contribution in [0, 0.1) is 5.41 Å². The molecule has 0 aliphatic heterocycles. The van der Waals surface area contributed by atoms with Gasteiger partial charge in [-0.15, -0.1) is 0 Å². The highest BCUT2D eigenvalue weighted by Gasteiger charge is 2.13. The fourth-order valence-corrected chi connectivity index (χ4v) is 1.51. The van der Waals surface area contributed by atoms with Gasteiger partial charge in [-0.05, 0) is 12.1 Å². The van der Waals surface area contributed by atoms with Crippen molar-refractivity contribution < 1.29 is 4.74 Å². The Kier molecular flexibility index (Phi) is 2.35. The zero-order chi connectivity index (χ0) is 10.9. The van der Waals surface area contributed by atoms with E-state index in [2.05, 4.69) is 43.1 Å². The molecular formula is C13H15NO. The van der Waals surface area contributed by atoms with E-state index in [1.54, 1.807) is 13.3 Å². The zero-order valence-electron chi connectivity index (χ0n) is 9.32. The minimum atomic E-state index is 0.0912. The lowest BCUT2D eigenvalue weighted by molar-refractivity contribution is 0.412. The molecule has 0 aromatic carbocycles. The number of pyridine rings is 1. The van der Waals surface area contributed by atoms with Crippen molar-refractivity contribution in [2.24, 2.45) is 5.41 Å². The van der Waals surface area contributed by atoms with E-state index < -0.39 is 0 Å². The Labute approximate surface area is 90.3 Å². The first-order valence-corrected chi connectivity index (χ1v) is 5.03. The average Bonchev–Trinajstić information content (AvgIpc) is 2.38. The van der Waals surface area contributed by atoms with Crippen molar-refractivity contribution in [1.82, 2.24) is 4.98 Å². The predicted molar refractivity (Wildman–Crippen MR) is 62.6 cm³/mol. The average molecular weight is 201 g/mol. The molecular weight excluding hydrogens is 186 g/mol. The summed E-state index contributed by atoms with van der Waals surface area (Å²) >= 11 is 0. The van der Waals surface area contributed by atoms with Crippen LogP contribution < -0.4 is 4.74 Å². The molecule has 1 aromatic rings. The van der Waals surface area contributed by atoms with Crippen LogP contribution in [-0.2, 0) is 0 Å². The van der Waals surface area contributed by atoms with Gasteiger partial charge in [0, 0.05) is 11.0 Å². The molecule has 0 radical (unpaired) electrons. The van der Waals surface area contributed by atoms with Crippen LogP contribution in [0.3, 0.4) is 0 Å². The first-order valence-electron chi connectivity index (χ1n) is 5.03. The largest absolute Gasteiger partial charge is 0.495 e. The number of methoxy groups -OCH3 is 1. The van der Waals surface area contributed by atoms with Gasteiger partial charge in [0.25, 0.3) is 0 Å². The van der Waals surface area contributed by atoms with Crippen LogP contribution in [0.2, 0.25) is 0 Å². The Hall–Kier alpha value is -1.57. The normalized spacial score (nSPS) is 17.0. The van der Waals surface area contributed by atoms with Crippen LogP contribution in [0.25, 0.3) is 12.2 Å². The molecule has 1 heterocycles. The van der Waals surface area contributed by atoms with E-state index in [0.717, 1.165) is 17.0 Å². The van der Waals surface area contributed by atoms with Crippen molar-refractivity contribution >= 4 is 12.2 Å². The standard InChI is InChI=1S/C13H15NO/c1-13(2)6-4-10-8-11(15-3)9-14-12(10)5-7-13/h4-9H,1-3H3. The number of ether oxygens (including phenoxy) is 1. The van der Waals surface area contributed by atoms with Gasteiger partial charge in [-0.2, -0.15) is 0 Å². The van der Waals surface area contributed by atoms with Crippen LogP contribution in [0.1, 0.15) is 25.1 Å². The lowest BCUT2D eigenvalue weighted by Crippen LogP contribution is -1.99. The van der Waals surface area contributed by atoms with E-state index in [1.807, 2.05) is 6.07 Å². The molecule has 0 saturated heterocycles. The molecule has 0 amide bonds. The van der Waals surface area contributed by atoms with Gasteiger partial charge in [0.05, 0.1) is 19.0 Å². The van der Waals surface area contributed by atoms with Crippen LogP contribution in [0.15, 0.2) is 24.4 Å². The van der Waals surface area contributed by atoms with Crippen molar-refractivity contribution in [3.63, 3.8) is 0 Å². The number of aromatic nitrogens is 1. The van der Waals surface area contributed by atoms with E-state index in [1.165, 1.54) is 0 Å². The second-order valence-electron chi connectivity index (χ2n) is 4.34. The first-order chi connectivity index (χ1) is 7.11. The molecule has 15 heavy (non-hydrogen) atoms. The fourth-order valence-electron chi connectivity index (χ4n) is 1.51. The summed E-state index contributed by atoms with van der Waals surface area (Å²) in [5.74, 6) is 0.798. The third-order valence-corrected chi connectivity index (χ3v) is 2.52. The molecule has 2 nitrogen and oxygen atoms in total. The summed E-state index contributed by atoms with van der Waals surface area (Å²) in [5.41, 5.74) is 2.20. The van der Waals surface area contributed by atoms with Crippen LogP contribution in [0.5, 0.6) is 5.75 Å². The summed E-state index contributed by atoms with van der Waals surface area (Å²) in [6.45, 7) is 4.34. The highest BCUT2D eigenvalue weighted by atomic mass is 16.5. The van der Waals surface area contributed by atoms with Gasteiger partial charge >= 0.3 is 0 Å². The van der Waals surface area contributed by atoms with Crippen LogP contribution >= 0.6 is 0 Å². The molecule has 1 aliphatic carbocycles. The van der Waals surface area contributed by atoms with E-state index in [9.17, 15) is 0 Å². The van der Waals surface area contributed by atoms with Crippen LogP contribution in [-0.4, -0.2) is 12.1 Å². The SMILES string of the molecule is COc1cnc2c(c1)C=CC(C)(C)C=C2. The summed E-state index contributed by atoms with van der Waals surface area (Å²) in [4.78, 5) is 4.35. The molecule has 0 unspecified atom stereocenters. The topological polar surface area (TPSA) is 22.1 Å². The van der Waals surface area contributed by atoms with Crippen LogP contribution in [0.4, 0.5) is 0 Å². The summed E-state index contributed by atoms with van der Waals surface area (Å²) in [5, 5.41) is 0. The molecule has 0 bridgehead atoms. The molecule has 2 heteroatoms. The molecule has 0 saturated carbocycles. The second kappa shape index (κ2) is 3.54. The third kappa shape index (κ3) is 2.09. The molecule has 2 rings (SSSR count). The van der Waals surface area contributed by atoms with Gasteiger partial charge in [0.1, 0.15) is 5.75 Å². The number of allylic oxidation sites excluding steroid dienone is 2. The predicted octanol–water partition coefficient (Wildman–Crippen LogP) is 3.16. The number of rotatable bonds is 1. The van der Waals surface area contributed by atoms with E-state index in [-0.39, 0.29) is 5.41 Å². The summed E-state index contributed by atoms with van der Waals surface area (Å²) in [6.07, 6.45) is 10.3. The maximum absolute atomic E-state index is 5.15. The lowest BCUT2D eigenvalue weighted by Gasteiger charge is -2.11. The Bertz CT molecular complexity index is 430.